The fraction of sp³-hybridized carbons (Fsp3) is 0.526. The molecule has 0 saturated heterocycles. The van der Waals surface area contributed by atoms with E-state index in [1.165, 1.54) is 0 Å². The molecule has 2 aromatic rings. The Labute approximate surface area is 165 Å². The van der Waals surface area contributed by atoms with Crippen LogP contribution in [0.15, 0.2) is 24.3 Å². The van der Waals surface area contributed by atoms with Gasteiger partial charge in [-0.15, -0.1) is 12.4 Å². The molecule has 1 aliphatic carbocycles. The summed E-state index contributed by atoms with van der Waals surface area (Å²) in [7, 11) is 0. The van der Waals surface area contributed by atoms with Crippen molar-refractivity contribution in [1.82, 2.24) is 14.8 Å². The van der Waals surface area contributed by atoms with Crippen LogP contribution in [0.2, 0.25) is 0 Å². The second-order valence-electron chi connectivity index (χ2n) is 7.05. The van der Waals surface area contributed by atoms with Gasteiger partial charge in [-0.1, -0.05) is 25.5 Å². The molecule has 5 N–H and O–H groups in total. The highest BCUT2D eigenvalue weighted by molar-refractivity contribution is 5.93. The third-order valence-electron chi connectivity index (χ3n) is 5.08. The van der Waals surface area contributed by atoms with Crippen molar-refractivity contribution >= 4 is 18.3 Å². The highest BCUT2D eigenvalue weighted by atomic mass is 35.5. The standard InChI is InChI=1S/C19H27N5O2.ClH/c1-2-3-10-24-19(14-8-9-16(25)15(20)11-14)22-18(23-24)13-6-4-12(5-7-13)17(21)26;/h4-7,14-16,25H,2-3,8-11,20H2,1H3,(H2,21,26);1H/t14-,15+,16+;/m0./s1. The highest BCUT2D eigenvalue weighted by Crippen LogP contribution is 2.32. The Morgan fingerprint density at radius 1 is 1.30 bits per heavy atom. The van der Waals surface area contributed by atoms with E-state index in [0.717, 1.165) is 37.2 Å². The first-order chi connectivity index (χ1) is 12.5. The van der Waals surface area contributed by atoms with E-state index in [0.29, 0.717) is 24.2 Å². The highest BCUT2D eigenvalue weighted by Gasteiger charge is 2.31. The molecule has 1 fully saturated rings. The van der Waals surface area contributed by atoms with Crippen LogP contribution in [0.4, 0.5) is 0 Å². The summed E-state index contributed by atoms with van der Waals surface area (Å²) in [6, 6.07) is 6.80. The zero-order valence-corrected chi connectivity index (χ0v) is 16.4. The number of unbranched alkanes of at least 4 members (excludes halogenated alkanes) is 1. The molecule has 8 heteroatoms. The monoisotopic (exact) mass is 393 g/mol. The summed E-state index contributed by atoms with van der Waals surface area (Å²) < 4.78 is 1.98. The van der Waals surface area contributed by atoms with Gasteiger partial charge < -0.3 is 16.6 Å². The van der Waals surface area contributed by atoms with Gasteiger partial charge >= 0.3 is 0 Å². The molecule has 1 aromatic heterocycles. The number of amides is 1. The topological polar surface area (TPSA) is 120 Å². The summed E-state index contributed by atoms with van der Waals surface area (Å²) in [5.41, 5.74) is 12.7. The lowest BCUT2D eigenvalue weighted by Crippen LogP contribution is -2.40. The Bertz CT molecular complexity index is 762. The largest absolute Gasteiger partial charge is 0.392 e. The molecular formula is C19H28ClN5O2. The molecule has 1 aromatic carbocycles. The number of hydrogen-bond donors (Lipinski definition) is 3. The third-order valence-corrected chi connectivity index (χ3v) is 5.08. The first-order valence-corrected chi connectivity index (χ1v) is 9.28. The van der Waals surface area contributed by atoms with Gasteiger partial charge in [0.15, 0.2) is 5.82 Å². The number of aromatic nitrogens is 3. The Morgan fingerprint density at radius 2 is 2.00 bits per heavy atom. The Hall–Kier alpha value is -1.96. The van der Waals surface area contributed by atoms with Crippen LogP contribution >= 0.6 is 12.4 Å². The van der Waals surface area contributed by atoms with Crippen LogP contribution in [0.5, 0.6) is 0 Å². The number of aliphatic hydroxyl groups is 1. The van der Waals surface area contributed by atoms with Crippen LogP contribution in [0.3, 0.4) is 0 Å². The van der Waals surface area contributed by atoms with Gasteiger partial charge in [0.2, 0.25) is 5.91 Å². The van der Waals surface area contributed by atoms with Crippen molar-refractivity contribution in [2.24, 2.45) is 11.5 Å². The van der Waals surface area contributed by atoms with Crippen molar-refractivity contribution in [3.8, 4) is 11.4 Å². The molecule has 3 rings (SSSR count). The summed E-state index contributed by atoms with van der Waals surface area (Å²) in [5, 5.41) is 14.6. The smallest absolute Gasteiger partial charge is 0.248 e. The van der Waals surface area contributed by atoms with E-state index >= 15 is 0 Å². The van der Waals surface area contributed by atoms with Crippen LogP contribution in [-0.2, 0) is 6.54 Å². The van der Waals surface area contributed by atoms with E-state index in [4.69, 9.17) is 21.5 Å². The van der Waals surface area contributed by atoms with Crippen molar-refractivity contribution < 1.29 is 9.90 Å². The minimum atomic E-state index is -0.451. The Morgan fingerprint density at radius 3 is 2.59 bits per heavy atom. The fourth-order valence-electron chi connectivity index (χ4n) is 3.46. The Balaban J connectivity index is 0.00000261. The van der Waals surface area contributed by atoms with Crippen molar-refractivity contribution in [3.05, 3.63) is 35.7 Å². The van der Waals surface area contributed by atoms with Gasteiger partial charge in [0.1, 0.15) is 5.82 Å². The number of primary amides is 1. The first-order valence-electron chi connectivity index (χ1n) is 9.28. The number of aliphatic hydroxyl groups excluding tert-OH is 1. The van der Waals surface area contributed by atoms with E-state index in [2.05, 4.69) is 6.92 Å². The molecule has 7 nitrogen and oxygen atoms in total. The number of hydrogen-bond acceptors (Lipinski definition) is 5. The lowest BCUT2D eigenvalue weighted by Gasteiger charge is -2.30. The molecule has 1 amide bonds. The minimum Gasteiger partial charge on any atom is -0.392 e. The van der Waals surface area contributed by atoms with Crippen molar-refractivity contribution in [2.45, 2.75) is 63.6 Å². The molecule has 0 spiro atoms. The third kappa shape index (κ3) is 4.86. The summed E-state index contributed by atoms with van der Waals surface area (Å²) in [6.45, 7) is 2.96. The maximum atomic E-state index is 11.2. The van der Waals surface area contributed by atoms with Crippen LogP contribution in [0, 0.1) is 0 Å². The lowest BCUT2D eigenvalue weighted by atomic mass is 9.83. The van der Waals surface area contributed by atoms with E-state index in [1.54, 1.807) is 12.1 Å². The fourth-order valence-corrected chi connectivity index (χ4v) is 3.46. The number of rotatable bonds is 6. The average Bonchev–Trinajstić information content (AvgIpc) is 3.06. The van der Waals surface area contributed by atoms with Gasteiger partial charge in [0, 0.05) is 29.6 Å². The molecular weight excluding hydrogens is 366 g/mol. The number of nitrogens with two attached hydrogens (primary N) is 2. The molecule has 148 valence electrons. The second kappa shape index (κ2) is 9.30. The molecule has 1 aliphatic rings. The summed E-state index contributed by atoms with van der Waals surface area (Å²) in [5.74, 6) is 1.34. The van der Waals surface area contributed by atoms with Crippen molar-refractivity contribution in [3.63, 3.8) is 0 Å². The van der Waals surface area contributed by atoms with Crippen LogP contribution < -0.4 is 11.5 Å². The number of carbonyl (C=O) groups excluding carboxylic acids is 1. The number of carbonyl (C=O) groups is 1. The van der Waals surface area contributed by atoms with Gasteiger partial charge in [-0.05, 0) is 37.8 Å². The van der Waals surface area contributed by atoms with E-state index in [-0.39, 0.29) is 24.4 Å². The van der Waals surface area contributed by atoms with E-state index in [1.807, 2.05) is 16.8 Å². The zero-order chi connectivity index (χ0) is 18.7. The number of aryl methyl sites for hydroxylation is 1. The number of benzene rings is 1. The van der Waals surface area contributed by atoms with Gasteiger partial charge in [-0.2, -0.15) is 5.10 Å². The SMILES string of the molecule is CCCCn1nc(-c2ccc(C(N)=O)cc2)nc1[C@H]1CC[C@@H](O)[C@H](N)C1.Cl. The predicted molar refractivity (Wildman–Crippen MR) is 107 cm³/mol. The summed E-state index contributed by atoms with van der Waals surface area (Å²) in [4.78, 5) is 16.0. The van der Waals surface area contributed by atoms with Crippen LogP contribution in [0.1, 0.15) is 61.1 Å². The van der Waals surface area contributed by atoms with Gasteiger partial charge in [-0.25, -0.2) is 9.67 Å². The normalized spacial score (nSPS) is 22.3. The number of nitrogens with zero attached hydrogens (tertiary/aromatic N) is 3. The maximum Gasteiger partial charge on any atom is 0.248 e. The molecule has 0 radical (unpaired) electrons. The van der Waals surface area contributed by atoms with E-state index in [9.17, 15) is 9.90 Å². The minimum absolute atomic E-state index is 0. The van der Waals surface area contributed by atoms with Gasteiger partial charge in [0.25, 0.3) is 0 Å². The first kappa shape index (κ1) is 21.3. The molecule has 27 heavy (non-hydrogen) atoms. The van der Waals surface area contributed by atoms with E-state index < -0.39 is 12.0 Å². The molecule has 0 unspecified atom stereocenters. The molecule has 0 aliphatic heterocycles. The summed E-state index contributed by atoms with van der Waals surface area (Å²) >= 11 is 0. The van der Waals surface area contributed by atoms with Crippen LogP contribution in [0.25, 0.3) is 11.4 Å². The van der Waals surface area contributed by atoms with Gasteiger partial charge in [-0.3, -0.25) is 4.79 Å². The second-order valence-corrected chi connectivity index (χ2v) is 7.05. The maximum absolute atomic E-state index is 11.2. The van der Waals surface area contributed by atoms with Crippen LogP contribution in [-0.4, -0.2) is 37.9 Å². The summed E-state index contributed by atoms with van der Waals surface area (Å²) in [6.07, 6.45) is 3.93. The molecule has 0 bridgehead atoms. The number of halogens is 1. The quantitative estimate of drug-likeness (QED) is 0.694. The molecule has 1 heterocycles. The van der Waals surface area contributed by atoms with Gasteiger partial charge in [0.05, 0.1) is 6.10 Å². The van der Waals surface area contributed by atoms with Crippen molar-refractivity contribution in [1.29, 1.82) is 0 Å². The predicted octanol–water partition coefficient (Wildman–Crippen LogP) is 2.22. The molecule has 3 atom stereocenters. The lowest BCUT2D eigenvalue weighted by molar-refractivity contribution is 0.0983. The molecule has 1 saturated carbocycles. The van der Waals surface area contributed by atoms with Crippen molar-refractivity contribution in [2.75, 3.05) is 0 Å². The zero-order valence-electron chi connectivity index (χ0n) is 15.5. The Kier molecular flexibility index (Phi) is 7.35. The average molecular weight is 394 g/mol.